The molecule has 2 aromatic heterocycles. The van der Waals surface area contributed by atoms with Crippen LogP contribution in [0.4, 0.5) is 0 Å². The van der Waals surface area contributed by atoms with Crippen molar-refractivity contribution in [2.45, 2.75) is 36.5 Å². The third-order valence-electron chi connectivity index (χ3n) is 5.88. The number of benzene rings is 1. The van der Waals surface area contributed by atoms with E-state index in [-0.39, 0.29) is 29.2 Å². The van der Waals surface area contributed by atoms with E-state index in [1.54, 1.807) is 11.9 Å². The van der Waals surface area contributed by atoms with Gasteiger partial charge in [0.05, 0.1) is 17.3 Å². The van der Waals surface area contributed by atoms with Crippen LogP contribution >= 0.6 is 11.8 Å². The van der Waals surface area contributed by atoms with Crippen molar-refractivity contribution in [3.05, 3.63) is 30.5 Å². The number of aromatic amines is 1. The molecule has 1 aromatic carbocycles. The lowest BCUT2D eigenvalue weighted by molar-refractivity contribution is -0.128. The monoisotopic (exact) mass is 445 g/mol. The van der Waals surface area contributed by atoms with E-state index in [2.05, 4.69) is 25.8 Å². The largest absolute Gasteiger partial charge is 0.360 e. The van der Waals surface area contributed by atoms with Crippen molar-refractivity contribution in [3.8, 4) is 11.4 Å². The van der Waals surface area contributed by atoms with Crippen molar-refractivity contribution in [1.29, 1.82) is 0 Å². The van der Waals surface area contributed by atoms with Crippen LogP contribution in [0.2, 0.25) is 0 Å². The second kappa shape index (κ2) is 7.42. The van der Waals surface area contributed by atoms with Crippen molar-refractivity contribution in [2.75, 3.05) is 24.3 Å². The molecule has 5 rings (SSSR count). The molecule has 3 aromatic rings. The second-order valence-corrected chi connectivity index (χ2v) is 11.2. The predicted molar refractivity (Wildman–Crippen MR) is 116 cm³/mol. The number of thioether (sulfide) groups is 1. The first-order valence-electron chi connectivity index (χ1n) is 10.0. The first-order valence-corrected chi connectivity index (χ1v) is 12.8. The van der Waals surface area contributed by atoms with Gasteiger partial charge in [-0.15, -0.1) is 10.2 Å². The summed E-state index contributed by atoms with van der Waals surface area (Å²) in [6, 6.07) is 8.22. The van der Waals surface area contributed by atoms with Crippen LogP contribution in [0.25, 0.3) is 22.3 Å². The lowest BCUT2D eigenvalue weighted by atomic mass is 10.1. The standard InChI is InChI=1S/C20H23N5O3S2/c1-24(14-8-9-30(27,28)12-14)18(26)11-29-20-23-22-19(25(20)13-6-7-13)16-10-21-17-5-3-2-4-15(16)17/h2-5,10,13-14,21H,6-9,11-12H2,1H3/t14-/m0/s1. The Morgan fingerprint density at radius 1 is 1.27 bits per heavy atom. The van der Waals surface area contributed by atoms with E-state index >= 15 is 0 Å². The third-order valence-corrected chi connectivity index (χ3v) is 8.56. The maximum atomic E-state index is 12.7. The average Bonchev–Trinajstić information content (AvgIpc) is 3.18. The van der Waals surface area contributed by atoms with Gasteiger partial charge < -0.3 is 9.88 Å². The number of carbonyl (C=O) groups is 1. The molecular weight excluding hydrogens is 422 g/mol. The van der Waals surface area contributed by atoms with Crippen molar-refractivity contribution in [1.82, 2.24) is 24.6 Å². The number of nitrogens with zero attached hydrogens (tertiary/aromatic N) is 4. The predicted octanol–water partition coefficient (Wildman–Crippen LogP) is 2.50. The minimum atomic E-state index is -3.02. The van der Waals surface area contributed by atoms with Crippen LogP contribution in [0.15, 0.2) is 35.6 Å². The molecule has 0 radical (unpaired) electrons. The SMILES string of the molecule is CN(C(=O)CSc1nnc(-c2c[nH]c3ccccc23)n1C1CC1)[C@H]1CCS(=O)(=O)C1. The molecule has 1 saturated heterocycles. The van der Waals surface area contributed by atoms with Crippen LogP contribution in [0.1, 0.15) is 25.3 Å². The second-order valence-electron chi connectivity index (χ2n) is 8.01. The molecule has 1 N–H and O–H groups in total. The molecule has 0 bridgehead atoms. The molecule has 1 saturated carbocycles. The van der Waals surface area contributed by atoms with E-state index in [9.17, 15) is 13.2 Å². The van der Waals surface area contributed by atoms with E-state index in [1.165, 1.54) is 11.8 Å². The summed E-state index contributed by atoms with van der Waals surface area (Å²) < 4.78 is 25.6. The molecule has 8 nitrogen and oxygen atoms in total. The summed E-state index contributed by atoms with van der Waals surface area (Å²) >= 11 is 1.37. The number of para-hydroxylation sites is 1. The molecule has 1 atom stereocenters. The first-order chi connectivity index (χ1) is 14.4. The number of aromatic nitrogens is 4. The fourth-order valence-corrected chi connectivity index (χ4v) is 6.69. The zero-order valence-corrected chi connectivity index (χ0v) is 18.2. The van der Waals surface area contributed by atoms with Gasteiger partial charge in [0.25, 0.3) is 0 Å². The van der Waals surface area contributed by atoms with E-state index in [4.69, 9.17) is 0 Å². The highest BCUT2D eigenvalue weighted by Crippen LogP contribution is 2.42. The highest BCUT2D eigenvalue weighted by Gasteiger charge is 2.34. The summed E-state index contributed by atoms with van der Waals surface area (Å²) in [4.78, 5) is 17.5. The minimum Gasteiger partial charge on any atom is -0.360 e. The van der Waals surface area contributed by atoms with E-state index < -0.39 is 9.84 Å². The Morgan fingerprint density at radius 2 is 2.07 bits per heavy atom. The first kappa shape index (κ1) is 19.6. The number of carbonyl (C=O) groups excluding carboxylic acids is 1. The van der Waals surface area contributed by atoms with Crippen LogP contribution in [-0.2, 0) is 14.6 Å². The van der Waals surface area contributed by atoms with Gasteiger partial charge in [-0.1, -0.05) is 30.0 Å². The number of hydrogen-bond donors (Lipinski definition) is 1. The van der Waals surface area contributed by atoms with Crippen LogP contribution in [0.3, 0.4) is 0 Å². The number of amides is 1. The number of H-pyrrole nitrogens is 1. The molecule has 1 amide bonds. The molecule has 2 fully saturated rings. The van der Waals surface area contributed by atoms with Crippen molar-refractivity contribution in [3.63, 3.8) is 0 Å². The van der Waals surface area contributed by atoms with Crippen LogP contribution in [0.5, 0.6) is 0 Å². The Labute approximate surface area is 179 Å². The third kappa shape index (κ3) is 3.62. The fraction of sp³-hybridized carbons (Fsp3) is 0.450. The van der Waals surface area contributed by atoms with Gasteiger partial charge in [0, 0.05) is 41.8 Å². The van der Waals surface area contributed by atoms with Gasteiger partial charge in [0.15, 0.2) is 20.8 Å². The number of hydrogen-bond acceptors (Lipinski definition) is 6. The molecule has 1 aliphatic heterocycles. The van der Waals surface area contributed by atoms with Gasteiger partial charge in [-0.2, -0.15) is 0 Å². The molecule has 0 spiro atoms. The Morgan fingerprint density at radius 3 is 2.80 bits per heavy atom. The van der Waals surface area contributed by atoms with Crippen molar-refractivity contribution < 1.29 is 13.2 Å². The van der Waals surface area contributed by atoms with Gasteiger partial charge in [0.2, 0.25) is 5.91 Å². The number of fused-ring (bicyclic) bond motifs is 1. The Balaban J connectivity index is 1.35. The molecule has 2 aliphatic rings. The smallest absolute Gasteiger partial charge is 0.233 e. The Hall–Kier alpha value is -2.33. The molecule has 10 heteroatoms. The minimum absolute atomic E-state index is 0.0584. The number of nitrogens with one attached hydrogen (secondary N) is 1. The van der Waals surface area contributed by atoms with Crippen molar-refractivity contribution >= 4 is 38.4 Å². The van der Waals surface area contributed by atoms with Crippen LogP contribution < -0.4 is 0 Å². The zero-order valence-electron chi connectivity index (χ0n) is 16.6. The van der Waals surface area contributed by atoms with E-state index in [0.717, 1.165) is 40.3 Å². The van der Waals surface area contributed by atoms with E-state index in [0.29, 0.717) is 12.5 Å². The maximum absolute atomic E-state index is 12.7. The topological polar surface area (TPSA) is 101 Å². The molecule has 3 heterocycles. The number of sulfone groups is 1. The number of rotatable bonds is 6. The molecule has 30 heavy (non-hydrogen) atoms. The normalized spacial score (nSPS) is 20.6. The fourth-order valence-electron chi connectivity index (χ4n) is 3.99. The van der Waals surface area contributed by atoms with Gasteiger partial charge >= 0.3 is 0 Å². The van der Waals surface area contributed by atoms with Gasteiger partial charge in [-0.25, -0.2) is 8.42 Å². The summed E-state index contributed by atoms with van der Waals surface area (Å²) in [5.41, 5.74) is 2.06. The summed E-state index contributed by atoms with van der Waals surface area (Å²) in [5.74, 6) is 1.17. The summed E-state index contributed by atoms with van der Waals surface area (Å²) in [7, 11) is -1.33. The molecule has 0 unspecified atom stereocenters. The van der Waals surface area contributed by atoms with Gasteiger partial charge in [-0.3, -0.25) is 9.36 Å². The summed E-state index contributed by atoms with van der Waals surface area (Å²) in [6.07, 6.45) is 4.63. The van der Waals surface area contributed by atoms with E-state index in [1.807, 2.05) is 24.4 Å². The summed E-state index contributed by atoms with van der Waals surface area (Å²) in [5, 5.41) is 10.7. The highest BCUT2D eigenvalue weighted by molar-refractivity contribution is 7.99. The van der Waals surface area contributed by atoms with Gasteiger partial charge in [-0.05, 0) is 25.3 Å². The van der Waals surface area contributed by atoms with Crippen molar-refractivity contribution in [2.24, 2.45) is 0 Å². The highest BCUT2D eigenvalue weighted by atomic mass is 32.2. The quantitative estimate of drug-likeness (QED) is 0.585. The molecule has 158 valence electrons. The maximum Gasteiger partial charge on any atom is 0.233 e. The summed E-state index contributed by atoms with van der Waals surface area (Å²) in [6.45, 7) is 0. The van der Waals surface area contributed by atoms with Crippen LogP contribution in [-0.4, -0.2) is 69.3 Å². The molecular formula is C20H23N5O3S2. The Bertz CT molecular complexity index is 1210. The zero-order chi connectivity index (χ0) is 20.9. The lowest BCUT2D eigenvalue weighted by Gasteiger charge is -2.23. The average molecular weight is 446 g/mol. The Kier molecular flexibility index (Phi) is 4.85. The lowest BCUT2D eigenvalue weighted by Crippen LogP contribution is -2.38. The van der Waals surface area contributed by atoms with Gasteiger partial charge in [0.1, 0.15) is 0 Å². The molecule has 1 aliphatic carbocycles. The van der Waals surface area contributed by atoms with Crippen LogP contribution in [0, 0.1) is 0 Å².